The molecule has 0 unspecified atom stereocenters. The Morgan fingerprint density at radius 1 is 0.361 bits per heavy atom. The highest BCUT2D eigenvalue weighted by molar-refractivity contribution is 6.33. The van der Waals surface area contributed by atoms with Gasteiger partial charge in [-0.15, -0.1) is 0 Å². The van der Waals surface area contributed by atoms with E-state index in [2.05, 4.69) is 183 Å². The van der Waals surface area contributed by atoms with Crippen LogP contribution in [-0.2, 0) is 5.41 Å². The first-order valence-electron chi connectivity index (χ1n) is 20.9. The lowest BCUT2D eigenvalue weighted by atomic mass is 9.82. The molecular formula is C57H37NO3. The van der Waals surface area contributed by atoms with Crippen molar-refractivity contribution < 1.29 is 13.3 Å². The minimum atomic E-state index is -0.139. The summed E-state index contributed by atoms with van der Waals surface area (Å²) in [6.07, 6.45) is 0. The third-order valence-corrected chi connectivity index (χ3v) is 13.1. The fraction of sp³-hybridized carbons (Fsp3) is 0.0526. The van der Waals surface area contributed by atoms with Crippen LogP contribution in [0.2, 0.25) is 0 Å². The van der Waals surface area contributed by atoms with Crippen molar-refractivity contribution in [1.82, 2.24) is 0 Å². The fourth-order valence-electron chi connectivity index (χ4n) is 10.2. The summed E-state index contributed by atoms with van der Waals surface area (Å²) in [5.74, 6) is 0. The van der Waals surface area contributed by atoms with Crippen LogP contribution >= 0.6 is 0 Å². The van der Waals surface area contributed by atoms with Crippen LogP contribution in [0.25, 0.3) is 99.2 Å². The van der Waals surface area contributed by atoms with E-state index >= 15 is 0 Å². The molecule has 0 spiro atoms. The number of hydrogen-bond acceptors (Lipinski definition) is 4. The molecule has 1 aliphatic rings. The minimum absolute atomic E-state index is 0.139. The molecule has 0 atom stereocenters. The summed E-state index contributed by atoms with van der Waals surface area (Å²) < 4.78 is 20.2. The molecule has 61 heavy (non-hydrogen) atoms. The summed E-state index contributed by atoms with van der Waals surface area (Å²) in [6, 6.07) is 66.9. The van der Waals surface area contributed by atoms with Gasteiger partial charge in [-0.25, -0.2) is 0 Å². The molecule has 0 saturated heterocycles. The summed E-state index contributed by atoms with van der Waals surface area (Å²) >= 11 is 0. The lowest BCUT2D eigenvalue weighted by Crippen LogP contribution is -2.16. The lowest BCUT2D eigenvalue weighted by Gasteiger charge is -2.30. The van der Waals surface area contributed by atoms with Crippen molar-refractivity contribution in [2.24, 2.45) is 0 Å². The van der Waals surface area contributed by atoms with E-state index in [1.807, 2.05) is 24.3 Å². The first-order chi connectivity index (χ1) is 30.0. The van der Waals surface area contributed by atoms with E-state index < -0.39 is 0 Å². The maximum atomic E-state index is 6.82. The Kier molecular flexibility index (Phi) is 7.04. The van der Waals surface area contributed by atoms with Crippen LogP contribution in [0.5, 0.6) is 0 Å². The molecule has 3 aromatic heterocycles. The topological polar surface area (TPSA) is 42.7 Å². The third kappa shape index (κ3) is 4.87. The molecule has 0 N–H and O–H groups in total. The van der Waals surface area contributed by atoms with Crippen LogP contribution < -0.4 is 4.90 Å². The summed E-state index contributed by atoms with van der Waals surface area (Å²) in [4.78, 5) is 2.41. The number of anilines is 3. The summed E-state index contributed by atoms with van der Waals surface area (Å²) in [6.45, 7) is 4.69. The predicted octanol–water partition coefficient (Wildman–Crippen LogP) is 16.5. The molecule has 0 amide bonds. The van der Waals surface area contributed by atoms with Gasteiger partial charge in [0.1, 0.15) is 33.5 Å². The predicted molar refractivity (Wildman–Crippen MR) is 251 cm³/mol. The average Bonchev–Trinajstić information content (AvgIpc) is 4.05. The van der Waals surface area contributed by atoms with Crippen molar-refractivity contribution in [3.8, 4) is 33.4 Å². The molecule has 0 radical (unpaired) electrons. The Balaban J connectivity index is 1.01. The monoisotopic (exact) mass is 783 g/mol. The Morgan fingerprint density at radius 3 is 1.84 bits per heavy atom. The van der Waals surface area contributed by atoms with Gasteiger partial charge in [0.05, 0.1) is 11.1 Å². The largest absolute Gasteiger partial charge is 0.456 e. The molecule has 12 aromatic rings. The van der Waals surface area contributed by atoms with Gasteiger partial charge in [0.15, 0.2) is 0 Å². The van der Waals surface area contributed by atoms with Crippen LogP contribution in [0.4, 0.5) is 17.1 Å². The lowest BCUT2D eigenvalue weighted by molar-refractivity contribution is 0.660. The molecule has 0 aliphatic heterocycles. The highest BCUT2D eigenvalue weighted by atomic mass is 16.3. The van der Waals surface area contributed by atoms with Gasteiger partial charge in [-0.05, 0) is 94.0 Å². The van der Waals surface area contributed by atoms with Crippen LogP contribution in [0.1, 0.15) is 25.0 Å². The first-order valence-corrected chi connectivity index (χ1v) is 20.9. The molecule has 0 bridgehead atoms. The number of rotatable bonds is 5. The molecule has 13 rings (SSSR count). The van der Waals surface area contributed by atoms with E-state index in [1.54, 1.807) is 0 Å². The van der Waals surface area contributed by atoms with Gasteiger partial charge >= 0.3 is 0 Å². The summed E-state index contributed by atoms with van der Waals surface area (Å²) in [5, 5.41) is 6.20. The summed E-state index contributed by atoms with van der Waals surface area (Å²) in [5.41, 5.74) is 17.7. The SMILES string of the molecule is CC1(C)c2ccccc2-c2ccc(N(c3ccc(-c4cc5oc6ccc7c8ccccc8oc7c6c5c5c4oc4ccccc45)cc3)c3ccccc3-c3ccccc3)cc21. The van der Waals surface area contributed by atoms with Crippen molar-refractivity contribution in [3.05, 3.63) is 199 Å². The van der Waals surface area contributed by atoms with Crippen molar-refractivity contribution in [2.45, 2.75) is 19.3 Å². The number of furan rings is 3. The van der Waals surface area contributed by atoms with Crippen LogP contribution in [0.3, 0.4) is 0 Å². The van der Waals surface area contributed by atoms with E-state index in [4.69, 9.17) is 13.3 Å². The number of fused-ring (bicyclic) bond motifs is 14. The Labute approximate surface area is 351 Å². The van der Waals surface area contributed by atoms with Crippen molar-refractivity contribution >= 4 is 82.9 Å². The van der Waals surface area contributed by atoms with Gasteiger partial charge in [0.2, 0.25) is 0 Å². The van der Waals surface area contributed by atoms with E-state index in [0.717, 1.165) is 99.6 Å². The smallest absolute Gasteiger partial charge is 0.147 e. The number of hydrogen-bond donors (Lipinski definition) is 0. The van der Waals surface area contributed by atoms with Gasteiger partial charge in [0.25, 0.3) is 0 Å². The molecule has 4 heteroatoms. The van der Waals surface area contributed by atoms with Gasteiger partial charge in [0, 0.05) is 54.8 Å². The highest BCUT2D eigenvalue weighted by Crippen LogP contribution is 2.52. The van der Waals surface area contributed by atoms with Crippen LogP contribution in [-0.4, -0.2) is 0 Å². The van der Waals surface area contributed by atoms with Crippen molar-refractivity contribution in [2.75, 3.05) is 4.90 Å². The van der Waals surface area contributed by atoms with Gasteiger partial charge in [-0.1, -0.05) is 141 Å². The molecule has 1 aliphatic carbocycles. The maximum Gasteiger partial charge on any atom is 0.147 e. The normalized spacial score (nSPS) is 13.2. The number of benzene rings is 9. The van der Waals surface area contributed by atoms with E-state index in [-0.39, 0.29) is 5.41 Å². The zero-order valence-electron chi connectivity index (χ0n) is 33.6. The maximum absolute atomic E-state index is 6.82. The Bertz CT molecular complexity index is 3730. The Hall–Kier alpha value is -7.82. The standard InChI is InChI=1S/C57H37NO3/c1-57(2)45-20-10-6-17-39(45)40-29-28-37(32-46(40)57)58(47-21-11-7-16-38(47)34-14-4-3-5-15-34)36-26-24-35(25-27-36)44-33-51-53(52-43-19-9-13-23-49(43)61-56(44)52)54-50(59-51)31-30-42-41-18-8-12-22-48(41)60-55(42)54/h3-33H,1-2H3. The van der Waals surface area contributed by atoms with E-state index in [9.17, 15) is 0 Å². The fourth-order valence-corrected chi connectivity index (χ4v) is 10.2. The van der Waals surface area contributed by atoms with Gasteiger partial charge in [-0.2, -0.15) is 0 Å². The quantitative estimate of drug-likeness (QED) is 0.174. The summed E-state index contributed by atoms with van der Waals surface area (Å²) in [7, 11) is 0. The molecule has 0 saturated carbocycles. The Morgan fingerprint density at radius 2 is 1.00 bits per heavy atom. The molecule has 288 valence electrons. The molecule has 3 heterocycles. The van der Waals surface area contributed by atoms with Crippen molar-refractivity contribution in [3.63, 3.8) is 0 Å². The van der Waals surface area contributed by atoms with Crippen molar-refractivity contribution in [1.29, 1.82) is 0 Å². The molecular weight excluding hydrogens is 747 g/mol. The minimum Gasteiger partial charge on any atom is -0.456 e. The molecule has 4 nitrogen and oxygen atoms in total. The molecule has 0 fully saturated rings. The van der Waals surface area contributed by atoms with Crippen LogP contribution in [0.15, 0.2) is 201 Å². The second-order valence-electron chi connectivity index (χ2n) is 16.8. The number of para-hydroxylation sites is 3. The number of nitrogens with zero attached hydrogens (tertiary/aromatic N) is 1. The molecule has 9 aromatic carbocycles. The van der Waals surface area contributed by atoms with Gasteiger partial charge < -0.3 is 18.2 Å². The zero-order valence-corrected chi connectivity index (χ0v) is 33.6. The van der Waals surface area contributed by atoms with E-state index in [1.165, 1.54) is 27.8 Å². The van der Waals surface area contributed by atoms with Crippen LogP contribution in [0, 0.1) is 0 Å². The second kappa shape index (κ2) is 12.6. The second-order valence-corrected chi connectivity index (χ2v) is 16.8. The first kappa shape index (κ1) is 34.1. The average molecular weight is 784 g/mol. The zero-order chi connectivity index (χ0) is 40.4. The van der Waals surface area contributed by atoms with E-state index in [0.29, 0.717) is 0 Å². The highest BCUT2D eigenvalue weighted by Gasteiger charge is 2.36. The third-order valence-electron chi connectivity index (χ3n) is 13.1. The van der Waals surface area contributed by atoms with Gasteiger partial charge in [-0.3, -0.25) is 0 Å².